The molecular formula is C16H20BrNO7S. The summed E-state index contributed by atoms with van der Waals surface area (Å²) in [5, 5.41) is 2.56. The van der Waals surface area contributed by atoms with Gasteiger partial charge in [0.15, 0.2) is 27.9 Å². The lowest BCUT2D eigenvalue weighted by Crippen LogP contribution is -2.38. The smallest absolute Gasteiger partial charge is 0.310 e. The molecule has 2 rings (SSSR count). The number of carbonyl (C=O) groups excluding carboxylic acids is 2. The molecule has 0 aliphatic carbocycles. The molecule has 0 saturated carbocycles. The summed E-state index contributed by atoms with van der Waals surface area (Å²) in [5.74, 6) is -0.143. The van der Waals surface area contributed by atoms with Crippen molar-refractivity contribution in [3.8, 4) is 11.5 Å². The lowest BCUT2D eigenvalue weighted by atomic mass is 10.1. The molecule has 10 heteroatoms. The second kappa shape index (κ2) is 8.72. The van der Waals surface area contributed by atoms with E-state index in [4.69, 9.17) is 14.2 Å². The Morgan fingerprint density at radius 3 is 2.46 bits per heavy atom. The average molecular weight is 450 g/mol. The highest BCUT2D eigenvalue weighted by atomic mass is 79.9. The van der Waals surface area contributed by atoms with Crippen molar-refractivity contribution in [3.63, 3.8) is 0 Å². The van der Waals surface area contributed by atoms with Crippen molar-refractivity contribution in [2.24, 2.45) is 0 Å². The fraction of sp³-hybridized carbons (Fsp3) is 0.500. The number of carbonyl (C=O) groups is 2. The summed E-state index contributed by atoms with van der Waals surface area (Å²) < 4.78 is 38.7. The van der Waals surface area contributed by atoms with Gasteiger partial charge in [0.05, 0.1) is 32.1 Å². The number of hydrogen-bond acceptors (Lipinski definition) is 7. The molecule has 0 bridgehead atoms. The van der Waals surface area contributed by atoms with Crippen LogP contribution in [-0.4, -0.2) is 58.7 Å². The number of hydrogen-bond donors (Lipinski definition) is 1. The van der Waals surface area contributed by atoms with E-state index in [1.165, 1.54) is 14.2 Å². The van der Waals surface area contributed by atoms with Crippen LogP contribution in [0.15, 0.2) is 16.6 Å². The number of halogens is 1. The first-order valence-corrected chi connectivity index (χ1v) is 10.4. The third-order valence-electron chi connectivity index (χ3n) is 3.85. The van der Waals surface area contributed by atoms with E-state index in [1.807, 2.05) is 0 Å². The Bertz CT molecular complexity index is 794. The Labute approximate surface area is 160 Å². The van der Waals surface area contributed by atoms with Crippen molar-refractivity contribution in [3.05, 3.63) is 22.2 Å². The fourth-order valence-electron chi connectivity index (χ4n) is 2.56. The molecule has 0 spiro atoms. The molecule has 1 aromatic rings. The number of nitrogens with one attached hydrogen (secondary N) is 1. The number of sulfone groups is 1. The topological polar surface area (TPSA) is 108 Å². The summed E-state index contributed by atoms with van der Waals surface area (Å²) >= 11 is 3.35. The van der Waals surface area contributed by atoms with E-state index in [0.29, 0.717) is 28.0 Å². The minimum absolute atomic E-state index is 0.0606. The molecule has 8 nitrogen and oxygen atoms in total. The average Bonchev–Trinajstić information content (AvgIpc) is 2.92. The maximum Gasteiger partial charge on any atom is 0.310 e. The van der Waals surface area contributed by atoms with Gasteiger partial charge in [0.1, 0.15) is 0 Å². The molecule has 1 fully saturated rings. The molecular weight excluding hydrogens is 430 g/mol. The molecule has 1 atom stereocenters. The maximum absolute atomic E-state index is 12.0. The van der Waals surface area contributed by atoms with Crippen LogP contribution in [0.5, 0.6) is 11.5 Å². The predicted octanol–water partition coefficient (Wildman–Crippen LogP) is 0.855. The van der Waals surface area contributed by atoms with Gasteiger partial charge >= 0.3 is 5.97 Å². The molecule has 0 aromatic heterocycles. The first-order chi connectivity index (χ1) is 12.2. The van der Waals surface area contributed by atoms with Crippen LogP contribution >= 0.6 is 15.9 Å². The number of ether oxygens (including phenoxy) is 3. The molecule has 1 amide bonds. The van der Waals surface area contributed by atoms with Crippen LogP contribution in [0.3, 0.4) is 0 Å². The molecule has 1 aliphatic rings. The Hall–Kier alpha value is -1.81. The zero-order chi connectivity index (χ0) is 19.3. The van der Waals surface area contributed by atoms with Crippen molar-refractivity contribution in [2.75, 3.05) is 32.3 Å². The van der Waals surface area contributed by atoms with Gasteiger partial charge in [-0.15, -0.1) is 0 Å². The Morgan fingerprint density at radius 2 is 1.88 bits per heavy atom. The minimum Gasteiger partial charge on any atom is -0.493 e. The van der Waals surface area contributed by atoms with Crippen LogP contribution in [0.2, 0.25) is 0 Å². The zero-order valence-electron chi connectivity index (χ0n) is 14.4. The second-order valence-electron chi connectivity index (χ2n) is 5.80. The van der Waals surface area contributed by atoms with Gasteiger partial charge in [-0.25, -0.2) is 8.42 Å². The fourth-order valence-corrected chi connectivity index (χ4v) is 4.70. The Kier molecular flexibility index (Phi) is 6.87. The summed E-state index contributed by atoms with van der Waals surface area (Å²) in [6, 6.07) is 2.90. The summed E-state index contributed by atoms with van der Waals surface area (Å²) in [6.45, 7) is -0.458. The number of rotatable bonds is 7. The standard InChI is InChI=1S/C16H20BrNO7S/c1-23-13-5-10(12(17)7-14(13)24-2)6-16(20)25-8-15(19)18-11-3-4-26(21,22)9-11/h5,7,11H,3-4,6,8-9H2,1-2H3,(H,18,19)/t11-/m1/s1. The SMILES string of the molecule is COc1cc(Br)c(CC(=O)OCC(=O)N[C@@H]2CCS(=O)(=O)C2)cc1OC. The first kappa shape index (κ1) is 20.5. The molecule has 1 heterocycles. The van der Waals surface area contributed by atoms with Crippen molar-refractivity contribution < 1.29 is 32.2 Å². The van der Waals surface area contributed by atoms with E-state index >= 15 is 0 Å². The van der Waals surface area contributed by atoms with Gasteiger partial charge in [0.2, 0.25) is 0 Å². The van der Waals surface area contributed by atoms with Gasteiger partial charge in [-0.2, -0.15) is 0 Å². The van der Waals surface area contributed by atoms with Crippen LogP contribution in [0.25, 0.3) is 0 Å². The van der Waals surface area contributed by atoms with Gasteiger partial charge in [-0.05, 0) is 24.1 Å². The van der Waals surface area contributed by atoms with Crippen LogP contribution < -0.4 is 14.8 Å². The monoisotopic (exact) mass is 449 g/mol. The molecule has 144 valence electrons. The highest BCUT2D eigenvalue weighted by Gasteiger charge is 2.29. The predicted molar refractivity (Wildman–Crippen MR) is 97.1 cm³/mol. The van der Waals surface area contributed by atoms with E-state index < -0.39 is 34.4 Å². The van der Waals surface area contributed by atoms with Crippen LogP contribution in [-0.2, 0) is 30.6 Å². The lowest BCUT2D eigenvalue weighted by molar-refractivity contribution is -0.148. The maximum atomic E-state index is 12.0. The van der Waals surface area contributed by atoms with Gasteiger partial charge in [0, 0.05) is 10.5 Å². The molecule has 1 saturated heterocycles. The van der Waals surface area contributed by atoms with E-state index in [2.05, 4.69) is 21.2 Å². The molecule has 1 aliphatic heterocycles. The van der Waals surface area contributed by atoms with E-state index in [1.54, 1.807) is 12.1 Å². The van der Waals surface area contributed by atoms with E-state index in [-0.39, 0.29) is 17.9 Å². The molecule has 1 aromatic carbocycles. The van der Waals surface area contributed by atoms with Gasteiger partial charge in [-0.1, -0.05) is 15.9 Å². The summed E-state index contributed by atoms with van der Waals surface area (Å²) in [7, 11) is -0.0861. The van der Waals surface area contributed by atoms with Gasteiger partial charge < -0.3 is 19.5 Å². The molecule has 1 N–H and O–H groups in total. The number of amides is 1. The Balaban J connectivity index is 1.86. The zero-order valence-corrected chi connectivity index (χ0v) is 16.8. The molecule has 26 heavy (non-hydrogen) atoms. The van der Waals surface area contributed by atoms with Crippen LogP contribution in [0.4, 0.5) is 0 Å². The van der Waals surface area contributed by atoms with Crippen molar-refractivity contribution in [1.82, 2.24) is 5.32 Å². The van der Waals surface area contributed by atoms with Crippen LogP contribution in [0, 0.1) is 0 Å². The van der Waals surface area contributed by atoms with Crippen molar-refractivity contribution in [2.45, 2.75) is 18.9 Å². The summed E-state index contributed by atoms with van der Waals surface area (Å²) in [4.78, 5) is 23.8. The van der Waals surface area contributed by atoms with Crippen molar-refractivity contribution >= 4 is 37.6 Å². The van der Waals surface area contributed by atoms with Crippen molar-refractivity contribution in [1.29, 1.82) is 0 Å². The minimum atomic E-state index is -3.08. The van der Waals surface area contributed by atoms with E-state index in [9.17, 15) is 18.0 Å². The number of methoxy groups -OCH3 is 2. The highest BCUT2D eigenvalue weighted by molar-refractivity contribution is 9.10. The lowest BCUT2D eigenvalue weighted by Gasteiger charge is -2.13. The second-order valence-corrected chi connectivity index (χ2v) is 8.89. The molecule has 0 radical (unpaired) electrons. The number of esters is 1. The Morgan fingerprint density at radius 1 is 1.23 bits per heavy atom. The highest BCUT2D eigenvalue weighted by Crippen LogP contribution is 2.33. The third kappa shape index (κ3) is 5.60. The number of benzene rings is 1. The normalized spacial score (nSPS) is 18.2. The van der Waals surface area contributed by atoms with Gasteiger partial charge in [0.25, 0.3) is 5.91 Å². The molecule has 0 unspecified atom stereocenters. The summed E-state index contributed by atoms with van der Waals surface area (Å²) in [6.07, 6.45) is 0.312. The van der Waals surface area contributed by atoms with Gasteiger partial charge in [-0.3, -0.25) is 9.59 Å². The summed E-state index contributed by atoms with van der Waals surface area (Å²) in [5.41, 5.74) is 0.620. The first-order valence-electron chi connectivity index (χ1n) is 7.80. The van der Waals surface area contributed by atoms with Crippen LogP contribution in [0.1, 0.15) is 12.0 Å². The quantitative estimate of drug-likeness (QED) is 0.614. The third-order valence-corrected chi connectivity index (χ3v) is 6.36. The van der Waals surface area contributed by atoms with E-state index in [0.717, 1.165) is 0 Å². The largest absolute Gasteiger partial charge is 0.493 e.